The number of carbonyl (C=O) groups excluding carboxylic acids is 1. The molecule has 0 heterocycles. The Morgan fingerprint density at radius 1 is 1.55 bits per heavy atom. The Balaban J connectivity index is 2.91. The van der Waals surface area contributed by atoms with E-state index in [1.54, 1.807) is 13.0 Å². The molecule has 0 fully saturated rings. The number of carbonyl (C=O) groups is 1. The average molecular weight is 279 g/mol. The number of aliphatic hydroxyl groups is 1. The van der Waals surface area contributed by atoms with Crippen molar-refractivity contribution in [3.8, 4) is 11.8 Å². The monoisotopic (exact) mass is 279 g/mol. The molecule has 5 heteroatoms. The third-order valence-electron chi connectivity index (χ3n) is 3.13. The summed E-state index contributed by atoms with van der Waals surface area (Å²) in [6.07, 6.45) is 0.469. The molecule has 4 nitrogen and oxygen atoms in total. The van der Waals surface area contributed by atoms with Crippen LogP contribution in [-0.4, -0.2) is 30.3 Å². The van der Waals surface area contributed by atoms with Gasteiger partial charge in [-0.2, -0.15) is 0 Å². The van der Waals surface area contributed by atoms with Crippen molar-refractivity contribution in [1.29, 1.82) is 0 Å². The number of rotatable bonds is 4. The highest BCUT2D eigenvalue weighted by molar-refractivity contribution is 5.97. The van der Waals surface area contributed by atoms with E-state index in [2.05, 4.69) is 17.2 Å². The first-order chi connectivity index (χ1) is 9.46. The molecule has 0 aromatic heterocycles. The largest absolute Gasteiger partial charge is 0.384 e. The molecule has 0 bridgehead atoms. The minimum absolute atomic E-state index is 0.0706. The van der Waals surface area contributed by atoms with Crippen LogP contribution in [0.1, 0.15) is 25.8 Å². The Morgan fingerprint density at radius 2 is 2.25 bits per heavy atom. The standard InChI is InChI=1S/C15H18FNO3/c1-4-15(2,20-3)14(19)17-13-8-7-11(6-5-9-18)10-12(13)16/h7-8,10,18H,4,9H2,1-3H3,(H,17,19). The van der Waals surface area contributed by atoms with Crippen LogP contribution in [0.4, 0.5) is 10.1 Å². The van der Waals surface area contributed by atoms with Crippen LogP contribution >= 0.6 is 0 Å². The number of nitrogens with one attached hydrogen (secondary N) is 1. The third kappa shape index (κ3) is 3.80. The molecular formula is C15H18FNO3. The Hall–Kier alpha value is -1.90. The molecule has 1 amide bonds. The smallest absolute Gasteiger partial charge is 0.256 e. The van der Waals surface area contributed by atoms with Crippen molar-refractivity contribution < 1.29 is 19.0 Å². The van der Waals surface area contributed by atoms with Gasteiger partial charge in [0.05, 0.1) is 5.69 Å². The van der Waals surface area contributed by atoms with Crippen molar-refractivity contribution in [2.45, 2.75) is 25.9 Å². The number of methoxy groups -OCH3 is 1. The lowest BCUT2D eigenvalue weighted by Gasteiger charge is -2.25. The lowest BCUT2D eigenvalue weighted by molar-refractivity contribution is -0.136. The highest BCUT2D eigenvalue weighted by Crippen LogP contribution is 2.20. The summed E-state index contributed by atoms with van der Waals surface area (Å²) in [7, 11) is 1.44. The number of anilines is 1. The molecule has 1 aromatic rings. The molecule has 0 radical (unpaired) electrons. The Labute approximate surface area is 117 Å². The van der Waals surface area contributed by atoms with Gasteiger partial charge in [-0.25, -0.2) is 4.39 Å². The molecule has 0 aliphatic carbocycles. The molecule has 1 aromatic carbocycles. The van der Waals surface area contributed by atoms with Gasteiger partial charge in [-0.3, -0.25) is 4.79 Å². The van der Waals surface area contributed by atoms with E-state index in [9.17, 15) is 9.18 Å². The minimum atomic E-state index is -0.998. The third-order valence-corrected chi connectivity index (χ3v) is 3.13. The molecule has 0 spiro atoms. The molecule has 0 saturated carbocycles. The second kappa shape index (κ2) is 7.04. The van der Waals surface area contributed by atoms with Crippen molar-refractivity contribution in [1.82, 2.24) is 0 Å². The molecule has 1 unspecified atom stereocenters. The van der Waals surface area contributed by atoms with Gasteiger partial charge < -0.3 is 15.2 Å². The maximum absolute atomic E-state index is 13.8. The zero-order valence-electron chi connectivity index (χ0n) is 11.8. The maximum Gasteiger partial charge on any atom is 0.256 e. The summed E-state index contributed by atoms with van der Waals surface area (Å²) in [5.74, 6) is 4.02. The van der Waals surface area contributed by atoms with E-state index in [0.29, 0.717) is 12.0 Å². The first-order valence-corrected chi connectivity index (χ1v) is 6.22. The van der Waals surface area contributed by atoms with Crippen LogP contribution in [0, 0.1) is 17.7 Å². The summed E-state index contributed by atoms with van der Waals surface area (Å²) < 4.78 is 19.0. The second-order valence-corrected chi connectivity index (χ2v) is 4.40. The number of aliphatic hydroxyl groups excluding tert-OH is 1. The summed E-state index contributed by atoms with van der Waals surface area (Å²) in [6, 6.07) is 4.20. The highest BCUT2D eigenvalue weighted by Gasteiger charge is 2.31. The maximum atomic E-state index is 13.8. The van der Waals surface area contributed by atoms with Crippen molar-refractivity contribution in [3.63, 3.8) is 0 Å². The number of benzene rings is 1. The van der Waals surface area contributed by atoms with Gasteiger partial charge in [-0.05, 0) is 31.5 Å². The fraction of sp³-hybridized carbons (Fsp3) is 0.400. The molecule has 0 aliphatic heterocycles. The summed E-state index contributed by atoms with van der Waals surface area (Å²) in [5.41, 5.74) is -0.497. The number of hydrogen-bond acceptors (Lipinski definition) is 3. The molecule has 1 rings (SSSR count). The van der Waals surface area contributed by atoms with Crippen molar-refractivity contribution in [2.24, 2.45) is 0 Å². The quantitative estimate of drug-likeness (QED) is 0.828. The first-order valence-electron chi connectivity index (χ1n) is 6.22. The van der Waals surface area contributed by atoms with Gasteiger partial charge in [0, 0.05) is 12.7 Å². The van der Waals surface area contributed by atoms with Gasteiger partial charge in [0.1, 0.15) is 18.0 Å². The SMILES string of the molecule is CCC(C)(OC)C(=O)Nc1ccc(C#CCO)cc1F. The topological polar surface area (TPSA) is 58.6 Å². The predicted octanol–water partition coefficient (Wildman–Crippen LogP) is 1.92. The van der Waals surface area contributed by atoms with E-state index in [4.69, 9.17) is 9.84 Å². The predicted molar refractivity (Wildman–Crippen MR) is 74.7 cm³/mol. The van der Waals surface area contributed by atoms with Crippen LogP contribution in [0.3, 0.4) is 0 Å². The van der Waals surface area contributed by atoms with Crippen molar-refractivity contribution in [2.75, 3.05) is 19.0 Å². The normalized spacial score (nSPS) is 13.1. The number of hydrogen-bond donors (Lipinski definition) is 2. The summed E-state index contributed by atoms with van der Waals surface area (Å²) in [5, 5.41) is 11.1. The molecule has 2 N–H and O–H groups in total. The van der Waals surface area contributed by atoms with Gasteiger partial charge in [0.15, 0.2) is 0 Å². The van der Waals surface area contributed by atoms with Gasteiger partial charge in [-0.1, -0.05) is 18.8 Å². The zero-order valence-corrected chi connectivity index (χ0v) is 11.8. The summed E-state index contributed by atoms with van der Waals surface area (Å²) >= 11 is 0. The lowest BCUT2D eigenvalue weighted by Crippen LogP contribution is -2.41. The highest BCUT2D eigenvalue weighted by atomic mass is 19.1. The second-order valence-electron chi connectivity index (χ2n) is 4.40. The molecule has 1 atom stereocenters. The van der Waals surface area contributed by atoms with Crippen LogP contribution in [-0.2, 0) is 9.53 Å². The van der Waals surface area contributed by atoms with Gasteiger partial charge >= 0.3 is 0 Å². The van der Waals surface area contributed by atoms with Crippen LogP contribution in [0.2, 0.25) is 0 Å². The van der Waals surface area contributed by atoms with Gasteiger partial charge in [0.2, 0.25) is 0 Å². The van der Waals surface area contributed by atoms with Crippen LogP contribution in [0.15, 0.2) is 18.2 Å². The fourth-order valence-corrected chi connectivity index (χ4v) is 1.49. The molecule has 0 saturated heterocycles. The van der Waals surface area contributed by atoms with Crippen molar-refractivity contribution in [3.05, 3.63) is 29.6 Å². The Bertz CT molecular complexity index is 542. The van der Waals surface area contributed by atoms with Gasteiger partial charge in [0.25, 0.3) is 5.91 Å². The van der Waals surface area contributed by atoms with Crippen LogP contribution < -0.4 is 5.32 Å². The molecule has 20 heavy (non-hydrogen) atoms. The Morgan fingerprint density at radius 3 is 2.75 bits per heavy atom. The molecule has 0 aliphatic rings. The summed E-state index contributed by atoms with van der Waals surface area (Å²) in [4.78, 5) is 12.0. The number of amides is 1. The van der Waals surface area contributed by atoms with E-state index in [0.717, 1.165) is 0 Å². The van der Waals surface area contributed by atoms with Crippen LogP contribution in [0.5, 0.6) is 0 Å². The van der Waals surface area contributed by atoms with Crippen LogP contribution in [0.25, 0.3) is 0 Å². The van der Waals surface area contributed by atoms with Gasteiger partial charge in [-0.15, -0.1) is 0 Å². The molecular weight excluding hydrogens is 261 g/mol. The Kier molecular flexibility index (Phi) is 5.68. The lowest BCUT2D eigenvalue weighted by atomic mass is 10.0. The average Bonchev–Trinajstić information content (AvgIpc) is 2.46. The number of ether oxygens (including phenoxy) is 1. The van der Waals surface area contributed by atoms with E-state index in [1.807, 2.05) is 6.92 Å². The van der Waals surface area contributed by atoms with E-state index in [-0.39, 0.29) is 12.3 Å². The van der Waals surface area contributed by atoms with E-state index < -0.39 is 17.3 Å². The van der Waals surface area contributed by atoms with E-state index >= 15 is 0 Å². The van der Waals surface area contributed by atoms with Crippen molar-refractivity contribution >= 4 is 11.6 Å². The molecule has 108 valence electrons. The number of halogens is 1. The minimum Gasteiger partial charge on any atom is -0.384 e. The zero-order chi connectivity index (χ0) is 15.2. The summed E-state index contributed by atoms with van der Waals surface area (Å²) in [6.45, 7) is 3.16. The van der Waals surface area contributed by atoms with E-state index in [1.165, 1.54) is 19.2 Å². The fourth-order valence-electron chi connectivity index (χ4n) is 1.49. The first kappa shape index (κ1) is 16.2.